The molecule has 0 aromatic rings. The highest BCUT2D eigenvalue weighted by molar-refractivity contribution is 5.82. The van der Waals surface area contributed by atoms with E-state index in [0.29, 0.717) is 0 Å². The Balaban J connectivity index is 3.45. The summed E-state index contributed by atoms with van der Waals surface area (Å²) in [6.45, 7) is 1.42. The number of aliphatic hydroxyl groups excluding tert-OH is 1. The molecule has 0 saturated heterocycles. The normalized spacial score (nSPS) is 12.2. The summed E-state index contributed by atoms with van der Waals surface area (Å²) in [4.78, 5) is 20.8. The van der Waals surface area contributed by atoms with E-state index >= 15 is 0 Å². The van der Waals surface area contributed by atoms with Gasteiger partial charge in [-0.25, -0.2) is 0 Å². The molecule has 0 aromatic carbocycles. The van der Waals surface area contributed by atoms with E-state index in [1.165, 1.54) is 6.92 Å². The molecule has 0 rings (SSSR count). The van der Waals surface area contributed by atoms with Gasteiger partial charge in [0.2, 0.25) is 11.8 Å². The number of hydrogen-bond acceptors (Lipinski definition) is 3. The van der Waals surface area contributed by atoms with E-state index in [1.807, 2.05) is 0 Å². The summed E-state index contributed by atoms with van der Waals surface area (Å²) in [7, 11) is 0. The quantitative estimate of drug-likeness (QED) is 0.446. The molecule has 0 spiro atoms. The molecule has 5 heteroatoms. The fourth-order valence-corrected chi connectivity index (χ4v) is 0.542. The van der Waals surface area contributed by atoms with Gasteiger partial charge in [-0.05, 0) is 6.92 Å². The average Bonchev–Trinajstić information content (AvgIpc) is 1.82. The van der Waals surface area contributed by atoms with Crippen molar-refractivity contribution in [3.8, 4) is 0 Å². The summed E-state index contributed by atoms with van der Waals surface area (Å²) >= 11 is 0. The van der Waals surface area contributed by atoms with E-state index in [9.17, 15) is 9.59 Å². The van der Waals surface area contributed by atoms with Gasteiger partial charge in [0, 0.05) is 12.8 Å². The molecule has 0 saturated carbocycles. The molecule has 0 aromatic heterocycles. The average molecular weight is 160 g/mol. The molecular weight excluding hydrogens is 148 g/mol. The lowest BCUT2D eigenvalue weighted by Gasteiger charge is -2.05. The van der Waals surface area contributed by atoms with Crippen LogP contribution in [0.2, 0.25) is 0 Å². The summed E-state index contributed by atoms with van der Waals surface area (Å²) in [6, 6.07) is 0. The summed E-state index contributed by atoms with van der Waals surface area (Å²) in [5.74, 6) is -0.899. The lowest BCUT2D eigenvalue weighted by molar-refractivity contribution is -0.126. The van der Waals surface area contributed by atoms with Crippen LogP contribution in [0.3, 0.4) is 0 Å². The predicted octanol–water partition coefficient (Wildman–Crippen LogP) is -1.29. The molecule has 2 amide bonds. The Labute approximate surface area is 64.6 Å². The Bertz CT molecular complexity index is 156. The molecule has 1 atom stereocenters. The second-order valence-electron chi connectivity index (χ2n) is 2.21. The Morgan fingerprint density at radius 2 is 2.09 bits per heavy atom. The van der Waals surface area contributed by atoms with Crippen molar-refractivity contribution in [3.05, 3.63) is 0 Å². The van der Waals surface area contributed by atoms with Crippen LogP contribution in [0.25, 0.3) is 0 Å². The zero-order chi connectivity index (χ0) is 8.85. The number of hydrogen-bond donors (Lipinski definition) is 3. The van der Waals surface area contributed by atoms with Crippen molar-refractivity contribution in [1.29, 1.82) is 0 Å². The van der Waals surface area contributed by atoms with Gasteiger partial charge in [-0.3, -0.25) is 9.59 Å². The Hall–Kier alpha value is -1.10. The lowest BCUT2D eigenvalue weighted by atomic mass is 10.3. The summed E-state index contributed by atoms with van der Waals surface area (Å²) in [5.41, 5.74) is 4.79. The van der Waals surface area contributed by atoms with Crippen LogP contribution >= 0.6 is 0 Å². The Morgan fingerprint density at radius 3 is 2.45 bits per heavy atom. The standard InChI is InChI=1S/C6H12N2O3/c1-4(9)8-6(11)3-2-5(7)10/h4,9H,2-3H2,1H3,(H2,7,10)(H,8,11). The smallest absolute Gasteiger partial charge is 0.222 e. The van der Waals surface area contributed by atoms with Gasteiger partial charge in [0.05, 0.1) is 0 Å². The van der Waals surface area contributed by atoms with E-state index in [1.54, 1.807) is 0 Å². The molecular formula is C6H12N2O3. The van der Waals surface area contributed by atoms with Gasteiger partial charge in [-0.2, -0.15) is 0 Å². The number of rotatable bonds is 4. The van der Waals surface area contributed by atoms with Gasteiger partial charge in [-0.1, -0.05) is 0 Å². The summed E-state index contributed by atoms with van der Waals surface area (Å²) in [6.07, 6.45) is -0.839. The fourth-order valence-electron chi connectivity index (χ4n) is 0.542. The van der Waals surface area contributed by atoms with Gasteiger partial charge in [0.15, 0.2) is 0 Å². The lowest BCUT2D eigenvalue weighted by Crippen LogP contribution is -2.32. The third kappa shape index (κ3) is 6.79. The monoisotopic (exact) mass is 160 g/mol. The van der Waals surface area contributed by atoms with Crippen LogP contribution in [0.4, 0.5) is 0 Å². The van der Waals surface area contributed by atoms with Gasteiger partial charge < -0.3 is 16.2 Å². The van der Waals surface area contributed by atoms with Crippen LogP contribution in [0.5, 0.6) is 0 Å². The van der Waals surface area contributed by atoms with E-state index in [-0.39, 0.29) is 18.7 Å². The van der Waals surface area contributed by atoms with Gasteiger partial charge in [0.1, 0.15) is 6.23 Å². The number of amides is 2. The number of nitrogens with one attached hydrogen (secondary N) is 1. The van der Waals surface area contributed by atoms with Crippen LogP contribution in [-0.2, 0) is 9.59 Å². The zero-order valence-corrected chi connectivity index (χ0v) is 6.33. The molecule has 64 valence electrons. The maximum absolute atomic E-state index is 10.7. The minimum absolute atomic E-state index is 0.0125. The number of carbonyl (C=O) groups is 2. The minimum Gasteiger partial charge on any atom is -0.374 e. The molecule has 4 N–H and O–H groups in total. The number of aliphatic hydroxyl groups is 1. The van der Waals surface area contributed by atoms with Crippen molar-refractivity contribution in [1.82, 2.24) is 5.32 Å². The number of primary amides is 1. The van der Waals surface area contributed by atoms with Crippen molar-refractivity contribution < 1.29 is 14.7 Å². The molecule has 5 nitrogen and oxygen atoms in total. The van der Waals surface area contributed by atoms with Crippen LogP contribution in [-0.4, -0.2) is 23.1 Å². The third-order valence-corrected chi connectivity index (χ3v) is 0.968. The zero-order valence-electron chi connectivity index (χ0n) is 6.33. The molecule has 0 aliphatic rings. The first-order chi connectivity index (χ1) is 5.02. The van der Waals surface area contributed by atoms with Crippen LogP contribution in [0.15, 0.2) is 0 Å². The maximum atomic E-state index is 10.7. The second-order valence-corrected chi connectivity index (χ2v) is 2.21. The van der Waals surface area contributed by atoms with E-state index in [4.69, 9.17) is 10.8 Å². The highest BCUT2D eigenvalue weighted by atomic mass is 16.3. The van der Waals surface area contributed by atoms with Crippen molar-refractivity contribution in [2.24, 2.45) is 5.73 Å². The van der Waals surface area contributed by atoms with Gasteiger partial charge in [0.25, 0.3) is 0 Å². The highest BCUT2D eigenvalue weighted by Crippen LogP contribution is 1.87. The fraction of sp³-hybridized carbons (Fsp3) is 0.667. The van der Waals surface area contributed by atoms with Crippen LogP contribution < -0.4 is 11.1 Å². The molecule has 0 heterocycles. The first-order valence-electron chi connectivity index (χ1n) is 3.28. The maximum Gasteiger partial charge on any atom is 0.222 e. The van der Waals surface area contributed by atoms with Gasteiger partial charge >= 0.3 is 0 Å². The van der Waals surface area contributed by atoms with Gasteiger partial charge in [-0.15, -0.1) is 0 Å². The Kier molecular flexibility index (Phi) is 4.21. The molecule has 0 radical (unpaired) electrons. The molecule has 11 heavy (non-hydrogen) atoms. The number of nitrogens with two attached hydrogens (primary N) is 1. The second kappa shape index (κ2) is 4.68. The highest BCUT2D eigenvalue weighted by Gasteiger charge is 2.04. The molecule has 1 unspecified atom stereocenters. The molecule has 0 fully saturated rings. The largest absolute Gasteiger partial charge is 0.374 e. The van der Waals surface area contributed by atoms with Crippen LogP contribution in [0, 0.1) is 0 Å². The first kappa shape index (κ1) is 9.90. The van der Waals surface area contributed by atoms with E-state index in [2.05, 4.69) is 5.32 Å². The predicted molar refractivity (Wildman–Crippen MR) is 38.3 cm³/mol. The van der Waals surface area contributed by atoms with Crippen LogP contribution in [0.1, 0.15) is 19.8 Å². The Morgan fingerprint density at radius 1 is 1.55 bits per heavy atom. The van der Waals surface area contributed by atoms with E-state index in [0.717, 1.165) is 0 Å². The third-order valence-electron chi connectivity index (χ3n) is 0.968. The molecule has 0 aliphatic heterocycles. The summed E-state index contributed by atoms with van der Waals surface area (Å²) in [5, 5.41) is 10.8. The van der Waals surface area contributed by atoms with Crippen molar-refractivity contribution in [2.75, 3.05) is 0 Å². The van der Waals surface area contributed by atoms with Crippen molar-refractivity contribution >= 4 is 11.8 Å². The number of carbonyl (C=O) groups excluding carboxylic acids is 2. The minimum atomic E-state index is -0.879. The first-order valence-corrected chi connectivity index (χ1v) is 3.28. The molecule has 0 aliphatic carbocycles. The topological polar surface area (TPSA) is 92.4 Å². The summed E-state index contributed by atoms with van der Waals surface area (Å²) < 4.78 is 0. The molecule has 0 bridgehead atoms. The SMILES string of the molecule is CC(O)NC(=O)CCC(N)=O. The van der Waals surface area contributed by atoms with Crippen molar-refractivity contribution in [2.45, 2.75) is 26.0 Å². The van der Waals surface area contributed by atoms with E-state index < -0.39 is 12.1 Å². The van der Waals surface area contributed by atoms with Crippen molar-refractivity contribution in [3.63, 3.8) is 0 Å².